The summed E-state index contributed by atoms with van der Waals surface area (Å²) >= 11 is 0. The minimum atomic E-state index is -0.685. The summed E-state index contributed by atoms with van der Waals surface area (Å²) < 4.78 is 5.04. The van der Waals surface area contributed by atoms with Crippen LogP contribution in [0.25, 0.3) is 0 Å². The van der Waals surface area contributed by atoms with Crippen LogP contribution in [0, 0.1) is 0 Å². The monoisotopic (exact) mass is 220 g/mol. The molecule has 0 spiro atoms. The maximum Gasteiger partial charge on any atom is 0.340 e. The van der Waals surface area contributed by atoms with Gasteiger partial charge in [-0.3, -0.25) is 5.32 Å². The fourth-order valence-corrected chi connectivity index (χ4v) is 1.58. The third-order valence-corrected chi connectivity index (χ3v) is 2.29. The van der Waals surface area contributed by atoms with Gasteiger partial charge in [-0.2, -0.15) is 0 Å². The number of nitrogens with one attached hydrogen (secondary N) is 2. The predicted octanol–water partition coefficient (Wildman–Crippen LogP) is 1.17. The van der Waals surface area contributed by atoms with Gasteiger partial charge in [-0.15, -0.1) is 0 Å². The predicted molar refractivity (Wildman–Crippen MR) is 56.8 cm³/mol. The summed E-state index contributed by atoms with van der Waals surface area (Å²) in [5.41, 5.74) is 1.20. The molecular formula is C11H12N2O3. The van der Waals surface area contributed by atoms with Crippen molar-refractivity contribution in [1.29, 1.82) is 0 Å². The molecule has 2 rings (SSSR count). The molecule has 1 aliphatic rings. The fourth-order valence-electron chi connectivity index (χ4n) is 1.58. The van der Waals surface area contributed by atoms with E-state index in [2.05, 4.69) is 10.6 Å². The zero-order chi connectivity index (χ0) is 11.5. The molecule has 16 heavy (non-hydrogen) atoms. The molecule has 0 radical (unpaired) electrons. The molecule has 0 aliphatic carbocycles. The maximum atomic E-state index is 11.4. The van der Waals surface area contributed by atoms with Crippen LogP contribution < -0.4 is 10.6 Å². The molecule has 84 valence electrons. The quantitative estimate of drug-likeness (QED) is 0.735. The molecule has 5 nitrogen and oxygen atoms in total. The first-order valence-electron chi connectivity index (χ1n) is 5.06. The average Bonchev–Trinajstić information content (AvgIpc) is 2.57. The van der Waals surface area contributed by atoms with E-state index in [9.17, 15) is 9.59 Å². The smallest absolute Gasteiger partial charge is 0.340 e. The number of benzene rings is 1. The van der Waals surface area contributed by atoms with Crippen LogP contribution in [0.15, 0.2) is 24.3 Å². The molecule has 0 saturated carbocycles. The topological polar surface area (TPSA) is 67.4 Å². The first kappa shape index (κ1) is 10.5. The number of hydrogen-bond acceptors (Lipinski definition) is 3. The van der Waals surface area contributed by atoms with Gasteiger partial charge in [0.15, 0.2) is 0 Å². The van der Waals surface area contributed by atoms with Crippen molar-refractivity contribution < 1.29 is 14.3 Å². The van der Waals surface area contributed by atoms with Crippen LogP contribution in [-0.4, -0.2) is 18.5 Å². The van der Waals surface area contributed by atoms with Gasteiger partial charge in [-0.1, -0.05) is 18.2 Å². The summed E-state index contributed by atoms with van der Waals surface area (Å²) in [4.78, 5) is 22.7. The largest absolute Gasteiger partial charge is 0.434 e. The van der Waals surface area contributed by atoms with Gasteiger partial charge < -0.3 is 10.1 Å². The molecule has 1 aromatic carbocycles. The summed E-state index contributed by atoms with van der Waals surface area (Å²) in [7, 11) is 0. The average molecular weight is 220 g/mol. The number of rotatable bonds is 2. The van der Waals surface area contributed by atoms with Crippen LogP contribution in [-0.2, 0) is 4.74 Å². The molecule has 1 heterocycles. The van der Waals surface area contributed by atoms with E-state index >= 15 is 0 Å². The van der Waals surface area contributed by atoms with Crippen molar-refractivity contribution in [1.82, 2.24) is 10.6 Å². The van der Waals surface area contributed by atoms with Crippen molar-refractivity contribution in [3.8, 4) is 0 Å². The van der Waals surface area contributed by atoms with Crippen LogP contribution in [0.4, 0.5) is 4.79 Å². The Morgan fingerprint density at radius 3 is 2.94 bits per heavy atom. The van der Waals surface area contributed by atoms with E-state index in [0.29, 0.717) is 17.7 Å². The fraction of sp³-hybridized carbons (Fsp3) is 0.273. The maximum absolute atomic E-state index is 11.4. The van der Waals surface area contributed by atoms with Crippen molar-refractivity contribution in [3.63, 3.8) is 0 Å². The second-order valence-corrected chi connectivity index (χ2v) is 3.38. The van der Waals surface area contributed by atoms with Crippen LogP contribution in [0.2, 0.25) is 0 Å². The lowest BCUT2D eigenvalue weighted by molar-refractivity contribution is 0.0337. The van der Waals surface area contributed by atoms with Crippen LogP contribution in [0.5, 0.6) is 0 Å². The summed E-state index contributed by atoms with van der Waals surface area (Å²) in [6, 6.07) is 6.65. The summed E-state index contributed by atoms with van der Waals surface area (Å²) in [6.07, 6.45) is -0.685. The molecule has 0 fully saturated rings. The van der Waals surface area contributed by atoms with Crippen molar-refractivity contribution in [2.75, 3.05) is 6.54 Å². The number of hydrogen-bond donors (Lipinski definition) is 2. The SMILES string of the molecule is CCNC(=O)NC1OC(=O)c2ccccc21. The zero-order valence-electron chi connectivity index (χ0n) is 8.82. The zero-order valence-corrected chi connectivity index (χ0v) is 8.82. The molecule has 0 saturated heterocycles. The number of amides is 2. The van der Waals surface area contributed by atoms with Crippen LogP contribution >= 0.6 is 0 Å². The van der Waals surface area contributed by atoms with E-state index < -0.39 is 12.2 Å². The number of carbonyl (C=O) groups excluding carboxylic acids is 2. The first-order valence-corrected chi connectivity index (χ1v) is 5.06. The Morgan fingerprint density at radius 2 is 2.19 bits per heavy atom. The molecule has 1 aliphatic heterocycles. The van der Waals surface area contributed by atoms with E-state index in [-0.39, 0.29) is 6.03 Å². The van der Waals surface area contributed by atoms with Gasteiger partial charge in [0.05, 0.1) is 5.56 Å². The van der Waals surface area contributed by atoms with Crippen molar-refractivity contribution in [2.45, 2.75) is 13.2 Å². The van der Waals surface area contributed by atoms with Crippen LogP contribution in [0.1, 0.15) is 29.1 Å². The summed E-state index contributed by atoms with van der Waals surface area (Å²) in [5.74, 6) is -0.405. The third kappa shape index (κ3) is 1.84. The van der Waals surface area contributed by atoms with Crippen molar-refractivity contribution >= 4 is 12.0 Å². The normalized spacial score (nSPS) is 17.6. The Kier molecular flexibility index (Phi) is 2.76. The Labute approximate surface area is 92.8 Å². The highest BCUT2D eigenvalue weighted by molar-refractivity contribution is 5.94. The second-order valence-electron chi connectivity index (χ2n) is 3.38. The molecular weight excluding hydrogens is 208 g/mol. The Balaban J connectivity index is 2.15. The molecule has 1 atom stereocenters. The molecule has 0 bridgehead atoms. The highest BCUT2D eigenvalue weighted by Gasteiger charge is 2.31. The van der Waals surface area contributed by atoms with Gasteiger partial charge in [0.1, 0.15) is 0 Å². The van der Waals surface area contributed by atoms with Gasteiger partial charge in [-0.25, -0.2) is 9.59 Å². The van der Waals surface area contributed by atoms with Crippen molar-refractivity contribution in [3.05, 3.63) is 35.4 Å². The summed E-state index contributed by atoms with van der Waals surface area (Å²) in [5, 5.41) is 5.15. The highest BCUT2D eigenvalue weighted by Crippen LogP contribution is 2.27. The van der Waals surface area contributed by atoms with E-state index in [1.807, 2.05) is 6.92 Å². The van der Waals surface area contributed by atoms with E-state index in [1.165, 1.54) is 0 Å². The minimum Gasteiger partial charge on any atom is -0.434 e. The van der Waals surface area contributed by atoms with E-state index in [1.54, 1.807) is 24.3 Å². The Hall–Kier alpha value is -2.04. The Morgan fingerprint density at radius 1 is 1.44 bits per heavy atom. The van der Waals surface area contributed by atoms with Gasteiger partial charge >= 0.3 is 12.0 Å². The van der Waals surface area contributed by atoms with Crippen molar-refractivity contribution in [2.24, 2.45) is 0 Å². The number of cyclic esters (lactones) is 1. The van der Waals surface area contributed by atoms with E-state index in [4.69, 9.17) is 4.74 Å². The van der Waals surface area contributed by atoms with Gasteiger partial charge in [0.25, 0.3) is 0 Å². The van der Waals surface area contributed by atoms with E-state index in [0.717, 1.165) is 0 Å². The van der Waals surface area contributed by atoms with Crippen LogP contribution in [0.3, 0.4) is 0 Å². The first-order chi connectivity index (χ1) is 7.72. The lowest BCUT2D eigenvalue weighted by Crippen LogP contribution is -2.37. The van der Waals surface area contributed by atoms with Gasteiger partial charge in [0, 0.05) is 12.1 Å². The van der Waals surface area contributed by atoms with Gasteiger partial charge in [-0.05, 0) is 13.0 Å². The molecule has 2 N–H and O–H groups in total. The third-order valence-electron chi connectivity index (χ3n) is 2.29. The minimum absolute atomic E-state index is 0.350. The number of esters is 1. The number of urea groups is 1. The standard InChI is InChI=1S/C11H12N2O3/c1-2-12-11(15)13-9-7-5-3-4-6-8(7)10(14)16-9/h3-6,9H,2H2,1H3,(H2,12,13,15). The molecule has 5 heteroatoms. The molecule has 1 aromatic rings. The Bertz CT molecular complexity index is 431. The molecule has 0 aromatic heterocycles. The second kappa shape index (κ2) is 4.22. The number of fused-ring (bicyclic) bond motifs is 1. The molecule has 2 amide bonds. The summed E-state index contributed by atoms with van der Waals surface area (Å²) in [6.45, 7) is 2.34. The lowest BCUT2D eigenvalue weighted by atomic mass is 10.1. The molecule has 1 unspecified atom stereocenters. The number of carbonyl (C=O) groups is 2. The van der Waals surface area contributed by atoms with Gasteiger partial charge in [0.2, 0.25) is 6.23 Å². The highest BCUT2D eigenvalue weighted by atomic mass is 16.6. The number of ether oxygens (including phenoxy) is 1. The lowest BCUT2D eigenvalue weighted by Gasteiger charge is -2.12.